The second-order valence-electron chi connectivity index (χ2n) is 3.10. The summed E-state index contributed by atoms with van der Waals surface area (Å²) in [7, 11) is 1.32. The normalized spacial score (nSPS) is 10.7. The molecule has 7 heteroatoms. The molecule has 0 aliphatic rings. The van der Waals surface area contributed by atoms with Crippen molar-refractivity contribution in [3.63, 3.8) is 0 Å². The number of anilines is 1. The van der Waals surface area contributed by atoms with Crippen LogP contribution in [0.2, 0.25) is 0 Å². The molecule has 1 aromatic heterocycles. The van der Waals surface area contributed by atoms with Crippen molar-refractivity contribution in [2.24, 2.45) is 0 Å². The Hall–Kier alpha value is -1.66. The fourth-order valence-electron chi connectivity index (χ4n) is 1.03. The Balaban J connectivity index is 2.48. The van der Waals surface area contributed by atoms with E-state index in [4.69, 9.17) is 5.73 Å². The van der Waals surface area contributed by atoms with Gasteiger partial charge in [0.25, 0.3) is 6.43 Å². The van der Waals surface area contributed by atoms with Gasteiger partial charge in [-0.1, -0.05) is 0 Å². The van der Waals surface area contributed by atoms with Crippen LogP contribution in [0.4, 0.5) is 14.6 Å². The van der Waals surface area contributed by atoms with Crippen LogP contribution in [0.3, 0.4) is 0 Å². The number of nitrogens with two attached hydrogens (primary N) is 1. The van der Waals surface area contributed by atoms with Crippen LogP contribution in [0.5, 0.6) is 0 Å². The molecule has 1 aromatic rings. The molecule has 5 nitrogen and oxygen atoms in total. The van der Waals surface area contributed by atoms with Crippen molar-refractivity contribution >= 4 is 11.7 Å². The van der Waals surface area contributed by atoms with E-state index in [1.807, 2.05) is 0 Å². The molecule has 0 radical (unpaired) electrons. The molecule has 2 N–H and O–H groups in total. The lowest BCUT2D eigenvalue weighted by Gasteiger charge is -2.16. The number of aromatic nitrogens is 2. The molecule has 1 amide bonds. The minimum Gasteiger partial charge on any atom is -0.382 e. The van der Waals surface area contributed by atoms with Gasteiger partial charge in [0.2, 0.25) is 5.91 Å². The zero-order valence-corrected chi connectivity index (χ0v) is 8.23. The van der Waals surface area contributed by atoms with Crippen molar-refractivity contribution in [3.05, 3.63) is 12.3 Å². The highest BCUT2D eigenvalue weighted by Gasteiger charge is 2.14. The highest BCUT2D eigenvalue weighted by atomic mass is 19.3. The van der Waals surface area contributed by atoms with Crippen LogP contribution in [0, 0.1) is 0 Å². The van der Waals surface area contributed by atoms with E-state index >= 15 is 0 Å². The Morgan fingerprint density at radius 1 is 1.73 bits per heavy atom. The number of amides is 1. The first-order valence-corrected chi connectivity index (χ1v) is 4.30. The van der Waals surface area contributed by atoms with Crippen molar-refractivity contribution in [1.29, 1.82) is 0 Å². The summed E-state index contributed by atoms with van der Waals surface area (Å²) in [5.41, 5.74) is 5.33. The molecule has 0 aliphatic heterocycles. The monoisotopic (exact) mass is 218 g/mol. The van der Waals surface area contributed by atoms with E-state index in [2.05, 4.69) is 5.10 Å². The second kappa shape index (κ2) is 4.72. The Morgan fingerprint density at radius 3 is 2.87 bits per heavy atom. The predicted molar refractivity (Wildman–Crippen MR) is 50.3 cm³/mol. The van der Waals surface area contributed by atoms with Crippen LogP contribution in [0.15, 0.2) is 12.3 Å². The lowest BCUT2D eigenvalue weighted by atomic mass is 10.5. The third kappa shape index (κ3) is 3.53. The van der Waals surface area contributed by atoms with Gasteiger partial charge in [-0.3, -0.25) is 9.48 Å². The average molecular weight is 218 g/mol. The zero-order valence-electron chi connectivity index (χ0n) is 8.23. The van der Waals surface area contributed by atoms with Crippen molar-refractivity contribution < 1.29 is 13.6 Å². The van der Waals surface area contributed by atoms with E-state index in [0.29, 0.717) is 5.82 Å². The third-order valence-electron chi connectivity index (χ3n) is 1.80. The summed E-state index contributed by atoms with van der Waals surface area (Å²) in [5.74, 6) is -0.141. The molecule has 0 spiro atoms. The van der Waals surface area contributed by atoms with Crippen LogP contribution in [-0.4, -0.2) is 40.6 Å². The van der Waals surface area contributed by atoms with E-state index in [9.17, 15) is 13.6 Å². The smallest absolute Gasteiger partial charge is 0.255 e. The molecule has 15 heavy (non-hydrogen) atoms. The van der Waals surface area contributed by atoms with Crippen LogP contribution < -0.4 is 5.73 Å². The van der Waals surface area contributed by atoms with Crippen molar-refractivity contribution in [2.75, 3.05) is 19.3 Å². The Morgan fingerprint density at radius 2 is 2.40 bits per heavy atom. The minimum absolute atomic E-state index is 0.0829. The van der Waals surface area contributed by atoms with E-state index in [-0.39, 0.29) is 6.54 Å². The molecule has 0 saturated heterocycles. The lowest BCUT2D eigenvalue weighted by molar-refractivity contribution is -0.132. The quantitative estimate of drug-likeness (QED) is 0.784. The first-order chi connectivity index (χ1) is 6.99. The maximum atomic E-state index is 12.0. The third-order valence-corrected chi connectivity index (χ3v) is 1.80. The maximum absolute atomic E-state index is 12.0. The van der Waals surface area contributed by atoms with Crippen LogP contribution >= 0.6 is 0 Å². The van der Waals surface area contributed by atoms with Crippen molar-refractivity contribution in [2.45, 2.75) is 13.0 Å². The fourth-order valence-corrected chi connectivity index (χ4v) is 1.03. The van der Waals surface area contributed by atoms with E-state index in [1.54, 1.807) is 0 Å². The summed E-state index contributed by atoms with van der Waals surface area (Å²) in [6.45, 7) is -0.657. The molecule has 0 aliphatic carbocycles. The summed E-state index contributed by atoms with van der Waals surface area (Å²) >= 11 is 0. The van der Waals surface area contributed by atoms with Crippen LogP contribution in [0.25, 0.3) is 0 Å². The largest absolute Gasteiger partial charge is 0.382 e. The van der Waals surface area contributed by atoms with Gasteiger partial charge >= 0.3 is 0 Å². The molecule has 0 fully saturated rings. The second-order valence-corrected chi connectivity index (χ2v) is 3.10. The molecular formula is C8H12F2N4O. The van der Waals surface area contributed by atoms with Gasteiger partial charge in [0.15, 0.2) is 0 Å². The SMILES string of the molecule is CN(CC(F)F)C(=O)Cn1ccc(N)n1. The molecule has 0 unspecified atom stereocenters. The number of nitrogens with zero attached hydrogens (tertiary/aromatic N) is 3. The number of hydrogen-bond donors (Lipinski definition) is 1. The van der Waals surface area contributed by atoms with Gasteiger partial charge in [-0.2, -0.15) is 5.10 Å². The number of halogens is 2. The van der Waals surface area contributed by atoms with Crippen molar-refractivity contribution in [3.8, 4) is 0 Å². The lowest BCUT2D eigenvalue weighted by Crippen LogP contribution is -2.34. The molecular weight excluding hydrogens is 206 g/mol. The molecule has 0 aromatic carbocycles. The Kier molecular flexibility index (Phi) is 3.59. The summed E-state index contributed by atoms with van der Waals surface area (Å²) in [6, 6.07) is 1.53. The number of nitrogen functional groups attached to an aromatic ring is 1. The van der Waals surface area contributed by atoms with Crippen LogP contribution in [0.1, 0.15) is 0 Å². The maximum Gasteiger partial charge on any atom is 0.255 e. The number of rotatable bonds is 4. The van der Waals surface area contributed by atoms with E-state index in [1.165, 1.54) is 24.0 Å². The van der Waals surface area contributed by atoms with Crippen LogP contribution in [-0.2, 0) is 11.3 Å². The number of carbonyl (C=O) groups is 1. The molecule has 84 valence electrons. The van der Waals surface area contributed by atoms with Gasteiger partial charge < -0.3 is 10.6 Å². The summed E-state index contributed by atoms with van der Waals surface area (Å²) in [5, 5.41) is 3.77. The highest BCUT2D eigenvalue weighted by molar-refractivity contribution is 5.75. The first-order valence-electron chi connectivity index (χ1n) is 4.30. The number of hydrogen-bond acceptors (Lipinski definition) is 3. The molecule has 1 rings (SSSR count). The van der Waals surface area contributed by atoms with Gasteiger partial charge in [0.1, 0.15) is 12.4 Å². The topological polar surface area (TPSA) is 64.2 Å². The average Bonchev–Trinajstić information content (AvgIpc) is 2.50. The molecule has 1 heterocycles. The summed E-state index contributed by atoms with van der Waals surface area (Å²) in [4.78, 5) is 12.3. The summed E-state index contributed by atoms with van der Waals surface area (Å²) < 4.78 is 25.2. The summed E-state index contributed by atoms with van der Waals surface area (Å²) in [6.07, 6.45) is -1.01. The van der Waals surface area contributed by atoms with E-state index < -0.39 is 18.9 Å². The first kappa shape index (κ1) is 11.4. The van der Waals surface area contributed by atoms with Gasteiger partial charge in [0, 0.05) is 13.2 Å². The number of alkyl halides is 2. The zero-order chi connectivity index (χ0) is 11.4. The molecule has 0 bridgehead atoms. The highest BCUT2D eigenvalue weighted by Crippen LogP contribution is 1.99. The van der Waals surface area contributed by atoms with Gasteiger partial charge in [-0.25, -0.2) is 8.78 Å². The Bertz CT molecular complexity index is 339. The minimum atomic E-state index is -2.53. The van der Waals surface area contributed by atoms with E-state index in [0.717, 1.165) is 4.90 Å². The number of carbonyl (C=O) groups excluding carboxylic acids is 1. The fraction of sp³-hybridized carbons (Fsp3) is 0.500. The van der Waals surface area contributed by atoms with Gasteiger partial charge in [0.05, 0.1) is 6.54 Å². The van der Waals surface area contributed by atoms with Crippen molar-refractivity contribution in [1.82, 2.24) is 14.7 Å². The number of likely N-dealkylation sites (N-methyl/N-ethyl adjacent to an activating group) is 1. The van der Waals surface area contributed by atoms with Gasteiger partial charge in [-0.05, 0) is 6.07 Å². The molecule has 0 saturated carbocycles. The predicted octanol–water partition coefficient (Wildman–Crippen LogP) is 0.189. The van der Waals surface area contributed by atoms with Gasteiger partial charge in [-0.15, -0.1) is 0 Å². The Labute approximate surface area is 85.5 Å². The standard InChI is InChI=1S/C8H12F2N4O/c1-13(4-6(9)10)8(15)5-14-3-2-7(11)12-14/h2-3,6H,4-5H2,1H3,(H2,11,12). The molecule has 0 atom stereocenters.